The highest BCUT2D eigenvalue weighted by atomic mass is 32.2. The summed E-state index contributed by atoms with van der Waals surface area (Å²) in [5.74, 6) is 1.53. The van der Waals surface area contributed by atoms with Crippen LogP contribution in [0, 0.1) is 5.92 Å². The van der Waals surface area contributed by atoms with Crippen molar-refractivity contribution in [3.8, 4) is 0 Å². The molecule has 1 aliphatic rings. The SMILES string of the molecule is CCNC(=NCC(C(CC)CC)N1CCOCC1)NCCCNS(=O)(=O)CC. The van der Waals surface area contributed by atoms with E-state index >= 15 is 0 Å². The Hall–Kier alpha value is -0.900. The average molecular weight is 420 g/mol. The zero-order chi connectivity index (χ0) is 20.8. The summed E-state index contributed by atoms with van der Waals surface area (Å²) in [5.41, 5.74) is 0. The number of nitrogens with one attached hydrogen (secondary N) is 3. The molecule has 0 radical (unpaired) electrons. The molecule has 1 rings (SSSR count). The Morgan fingerprint density at radius 3 is 2.32 bits per heavy atom. The van der Waals surface area contributed by atoms with Crippen LogP contribution >= 0.6 is 0 Å². The van der Waals surface area contributed by atoms with E-state index in [-0.39, 0.29) is 5.75 Å². The van der Waals surface area contributed by atoms with Gasteiger partial charge in [-0.15, -0.1) is 0 Å². The van der Waals surface area contributed by atoms with Gasteiger partial charge in [0.2, 0.25) is 10.0 Å². The maximum absolute atomic E-state index is 11.5. The van der Waals surface area contributed by atoms with Crippen LogP contribution in [-0.2, 0) is 14.8 Å². The molecule has 1 atom stereocenters. The summed E-state index contributed by atoms with van der Waals surface area (Å²) < 4.78 is 31.0. The number of hydrogen-bond donors (Lipinski definition) is 3. The van der Waals surface area contributed by atoms with E-state index in [1.807, 2.05) is 6.92 Å². The maximum Gasteiger partial charge on any atom is 0.211 e. The third kappa shape index (κ3) is 9.54. The number of morpholine rings is 1. The molecule has 0 aromatic carbocycles. The third-order valence-electron chi connectivity index (χ3n) is 5.24. The normalized spacial score (nSPS) is 17.7. The lowest BCUT2D eigenvalue weighted by molar-refractivity contribution is 0.00395. The maximum atomic E-state index is 11.5. The van der Waals surface area contributed by atoms with Gasteiger partial charge in [0.15, 0.2) is 5.96 Å². The Morgan fingerprint density at radius 1 is 1.07 bits per heavy atom. The molecular weight excluding hydrogens is 378 g/mol. The Bertz CT molecular complexity index is 532. The first-order valence-electron chi connectivity index (χ1n) is 10.8. The number of sulfonamides is 1. The van der Waals surface area contributed by atoms with Gasteiger partial charge in [-0.25, -0.2) is 13.1 Å². The van der Waals surface area contributed by atoms with E-state index in [0.717, 1.165) is 58.2 Å². The van der Waals surface area contributed by atoms with Crippen molar-refractivity contribution in [2.24, 2.45) is 10.9 Å². The van der Waals surface area contributed by atoms with E-state index in [1.54, 1.807) is 6.92 Å². The van der Waals surface area contributed by atoms with Crippen LogP contribution in [0.1, 0.15) is 47.0 Å². The molecule has 0 aromatic rings. The van der Waals surface area contributed by atoms with Gasteiger partial charge in [-0.1, -0.05) is 26.7 Å². The summed E-state index contributed by atoms with van der Waals surface area (Å²) in [6.45, 7) is 14.4. The van der Waals surface area contributed by atoms with E-state index in [0.29, 0.717) is 31.5 Å². The summed E-state index contributed by atoms with van der Waals surface area (Å²) in [6.07, 6.45) is 3.01. The van der Waals surface area contributed by atoms with Gasteiger partial charge in [0.05, 0.1) is 25.5 Å². The summed E-state index contributed by atoms with van der Waals surface area (Å²) in [6, 6.07) is 0.422. The fraction of sp³-hybridized carbons (Fsp3) is 0.947. The standard InChI is InChI=1S/C19H41N5O3S/c1-5-17(6-2)18(24-12-14-27-15-13-24)16-22-19(20-7-3)21-10-9-11-23-28(25,26)8-4/h17-18,23H,5-16H2,1-4H3,(H2,20,21,22). The van der Waals surface area contributed by atoms with Crippen LogP contribution in [0.2, 0.25) is 0 Å². The predicted octanol–water partition coefficient (Wildman–Crippen LogP) is 1.01. The minimum atomic E-state index is -3.12. The van der Waals surface area contributed by atoms with E-state index < -0.39 is 10.0 Å². The van der Waals surface area contributed by atoms with Crippen LogP contribution in [-0.4, -0.2) is 83.6 Å². The van der Waals surface area contributed by atoms with Crippen LogP contribution in [0.25, 0.3) is 0 Å². The van der Waals surface area contributed by atoms with Crippen molar-refractivity contribution >= 4 is 16.0 Å². The molecule has 9 heteroatoms. The third-order valence-corrected chi connectivity index (χ3v) is 6.64. The molecule has 0 spiro atoms. The molecule has 3 N–H and O–H groups in total. The fourth-order valence-corrected chi connectivity index (χ4v) is 4.12. The van der Waals surface area contributed by atoms with Gasteiger partial charge < -0.3 is 15.4 Å². The van der Waals surface area contributed by atoms with Crippen LogP contribution in [0.15, 0.2) is 4.99 Å². The lowest BCUT2D eigenvalue weighted by Crippen LogP contribution is -2.49. The molecule has 0 amide bonds. The van der Waals surface area contributed by atoms with Crippen molar-refractivity contribution in [3.63, 3.8) is 0 Å². The van der Waals surface area contributed by atoms with Crippen molar-refractivity contribution in [2.45, 2.75) is 53.0 Å². The van der Waals surface area contributed by atoms with Crippen LogP contribution in [0.5, 0.6) is 0 Å². The second-order valence-corrected chi connectivity index (χ2v) is 9.19. The second-order valence-electron chi connectivity index (χ2n) is 7.09. The number of hydrogen-bond acceptors (Lipinski definition) is 5. The lowest BCUT2D eigenvalue weighted by atomic mass is 9.92. The quantitative estimate of drug-likeness (QED) is 0.234. The van der Waals surface area contributed by atoms with Crippen LogP contribution < -0.4 is 15.4 Å². The average Bonchev–Trinajstić information content (AvgIpc) is 2.71. The number of nitrogens with zero attached hydrogens (tertiary/aromatic N) is 2. The van der Waals surface area contributed by atoms with Gasteiger partial charge in [-0.2, -0.15) is 0 Å². The Kier molecular flexibility index (Phi) is 12.7. The predicted molar refractivity (Wildman–Crippen MR) is 116 cm³/mol. The second kappa shape index (κ2) is 14.1. The molecular formula is C19H41N5O3S. The number of guanidine groups is 1. The van der Waals surface area contributed by atoms with E-state index in [9.17, 15) is 8.42 Å². The highest BCUT2D eigenvalue weighted by Crippen LogP contribution is 2.20. The molecule has 0 aromatic heterocycles. The fourth-order valence-electron chi connectivity index (χ4n) is 3.46. The molecule has 1 aliphatic heterocycles. The molecule has 1 saturated heterocycles. The van der Waals surface area contributed by atoms with Crippen molar-refractivity contribution < 1.29 is 13.2 Å². The van der Waals surface area contributed by atoms with Gasteiger partial charge in [-0.3, -0.25) is 9.89 Å². The molecule has 1 unspecified atom stereocenters. The van der Waals surface area contributed by atoms with E-state index in [1.165, 1.54) is 0 Å². The number of ether oxygens (including phenoxy) is 1. The number of aliphatic imine (C=N–C) groups is 1. The van der Waals surface area contributed by atoms with Crippen LogP contribution in [0.3, 0.4) is 0 Å². The van der Waals surface area contributed by atoms with Crippen LogP contribution in [0.4, 0.5) is 0 Å². The monoisotopic (exact) mass is 419 g/mol. The summed E-state index contributed by atoms with van der Waals surface area (Å²) in [7, 11) is -3.12. The van der Waals surface area contributed by atoms with Crippen molar-refractivity contribution in [2.75, 3.05) is 58.2 Å². The van der Waals surface area contributed by atoms with Gasteiger partial charge in [-0.05, 0) is 26.2 Å². The summed E-state index contributed by atoms with van der Waals surface area (Å²) in [5, 5.41) is 6.61. The first-order valence-corrected chi connectivity index (χ1v) is 12.4. The van der Waals surface area contributed by atoms with Crippen molar-refractivity contribution in [1.82, 2.24) is 20.3 Å². The molecule has 0 aliphatic carbocycles. The largest absolute Gasteiger partial charge is 0.379 e. The van der Waals surface area contributed by atoms with E-state index in [2.05, 4.69) is 34.1 Å². The highest BCUT2D eigenvalue weighted by Gasteiger charge is 2.26. The molecule has 166 valence electrons. The molecule has 8 nitrogen and oxygen atoms in total. The van der Waals surface area contributed by atoms with Gasteiger partial charge >= 0.3 is 0 Å². The zero-order valence-electron chi connectivity index (χ0n) is 18.2. The first-order chi connectivity index (χ1) is 13.5. The van der Waals surface area contributed by atoms with Crippen molar-refractivity contribution in [1.29, 1.82) is 0 Å². The lowest BCUT2D eigenvalue weighted by Gasteiger charge is -2.38. The van der Waals surface area contributed by atoms with Gasteiger partial charge in [0.1, 0.15) is 0 Å². The Morgan fingerprint density at radius 2 is 1.75 bits per heavy atom. The molecule has 1 fully saturated rings. The molecule has 1 heterocycles. The van der Waals surface area contributed by atoms with Gasteiger partial charge in [0.25, 0.3) is 0 Å². The van der Waals surface area contributed by atoms with E-state index in [4.69, 9.17) is 9.73 Å². The molecule has 0 saturated carbocycles. The Labute approximate surface area is 171 Å². The molecule has 0 bridgehead atoms. The number of rotatable bonds is 13. The first kappa shape index (κ1) is 25.1. The van der Waals surface area contributed by atoms with Gasteiger partial charge in [0, 0.05) is 38.8 Å². The summed E-state index contributed by atoms with van der Waals surface area (Å²) in [4.78, 5) is 7.36. The summed E-state index contributed by atoms with van der Waals surface area (Å²) >= 11 is 0. The highest BCUT2D eigenvalue weighted by molar-refractivity contribution is 7.89. The Balaban J connectivity index is 2.59. The zero-order valence-corrected chi connectivity index (χ0v) is 19.0. The smallest absolute Gasteiger partial charge is 0.211 e. The minimum absolute atomic E-state index is 0.115. The molecule has 28 heavy (non-hydrogen) atoms. The van der Waals surface area contributed by atoms with Crippen molar-refractivity contribution in [3.05, 3.63) is 0 Å². The minimum Gasteiger partial charge on any atom is -0.379 e. The topological polar surface area (TPSA) is 95.1 Å².